The normalized spacial score (nSPS) is 25.0. The number of hydrogen-bond acceptors (Lipinski definition) is 5. The van der Waals surface area contributed by atoms with Gasteiger partial charge in [0.25, 0.3) is 5.92 Å². The molecule has 2 bridgehead atoms. The summed E-state index contributed by atoms with van der Waals surface area (Å²) >= 11 is 0. The van der Waals surface area contributed by atoms with E-state index in [1.807, 2.05) is 0 Å². The van der Waals surface area contributed by atoms with E-state index in [9.17, 15) is 27.1 Å². The summed E-state index contributed by atoms with van der Waals surface area (Å²) in [5.74, 6) is -6.04. The molecular weight excluding hydrogens is 497 g/mol. The van der Waals surface area contributed by atoms with Crippen molar-refractivity contribution < 1.29 is 40.6 Å². The van der Waals surface area contributed by atoms with Crippen molar-refractivity contribution >= 4 is 0 Å². The van der Waals surface area contributed by atoms with Gasteiger partial charge in [-0.3, -0.25) is 0 Å². The largest absolute Gasteiger partial charge is 0.493 e. The number of nitrogens with zero attached hydrogens (tertiary/aromatic N) is 4. The number of aromatic nitrogens is 4. The van der Waals surface area contributed by atoms with Gasteiger partial charge in [0.05, 0.1) is 18.7 Å². The molecule has 0 aliphatic heterocycles. The Morgan fingerprint density at radius 1 is 0.972 bits per heavy atom. The predicted molar refractivity (Wildman–Crippen MR) is 109 cm³/mol. The molecular formula is C23H19F7N4O2. The molecule has 0 spiro atoms. The third-order valence-electron chi connectivity index (χ3n) is 7.21. The highest BCUT2D eigenvalue weighted by Crippen LogP contribution is 2.80. The van der Waals surface area contributed by atoms with E-state index in [0.717, 1.165) is 47.4 Å². The van der Waals surface area contributed by atoms with Gasteiger partial charge < -0.3 is 9.84 Å². The maximum absolute atomic E-state index is 16.0. The number of halogens is 7. The first-order chi connectivity index (χ1) is 16.8. The van der Waals surface area contributed by atoms with Gasteiger partial charge in [0, 0.05) is 22.5 Å². The minimum absolute atomic E-state index is 0.00741. The molecule has 1 atom stereocenters. The van der Waals surface area contributed by atoms with Crippen LogP contribution in [0.1, 0.15) is 30.4 Å². The number of alkyl halides is 5. The molecule has 13 heteroatoms. The minimum atomic E-state index is -4.49. The Balaban J connectivity index is 1.34. The summed E-state index contributed by atoms with van der Waals surface area (Å²) in [6.07, 6.45) is -3.69. The molecule has 1 aromatic heterocycles. The van der Waals surface area contributed by atoms with Crippen molar-refractivity contribution in [2.75, 3.05) is 6.61 Å². The molecule has 3 fully saturated rings. The minimum Gasteiger partial charge on any atom is -0.493 e. The maximum Gasteiger partial charge on any atom is 0.416 e. The van der Waals surface area contributed by atoms with E-state index >= 15 is 8.78 Å². The highest BCUT2D eigenvalue weighted by molar-refractivity contribution is 5.34. The number of ether oxygens (including phenoxy) is 1. The number of aliphatic hydroxyl groups is 1. The van der Waals surface area contributed by atoms with Gasteiger partial charge in [-0.2, -0.15) is 13.2 Å². The molecule has 3 aliphatic carbocycles. The lowest BCUT2D eigenvalue weighted by Crippen LogP contribution is -2.75. The molecule has 1 N–H and O–H groups in total. The molecule has 1 heterocycles. The Kier molecular flexibility index (Phi) is 5.36. The van der Waals surface area contributed by atoms with Crippen LogP contribution in [0.25, 0.3) is 0 Å². The molecule has 36 heavy (non-hydrogen) atoms. The molecule has 0 saturated heterocycles. The van der Waals surface area contributed by atoms with Gasteiger partial charge in [0.2, 0.25) is 0 Å². The lowest BCUT2D eigenvalue weighted by Gasteiger charge is -2.73. The van der Waals surface area contributed by atoms with Crippen LogP contribution in [0, 0.1) is 22.5 Å². The van der Waals surface area contributed by atoms with Gasteiger partial charge in [0.1, 0.15) is 23.7 Å². The van der Waals surface area contributed by atoms with Crippen LogP contribution in [0.2, 0.25) is 0 Å². The Labute approximate surface area is 199 Å². The zero-order chi connectivity index (χ0) is 26.0. The molecule has 3 aromatic rings. The van der Waals surface area contributed by atoms with E-state index in [1.54, 1.807) is 0 Å². The molecule has 6 nitrogen and oxygen atoms in total. The summed E-state index contributed by atoms with van der Waals surface area (Å²) in [4.78, 5) is 0. The van der Waals surface area contributed by atoms with Crippen molar-refractivity contribution in [3.63, 3.8) is 0 Å². The summed E-state index contributed by atoms with van der Waals surface area (Å²) in [7, 11) is 0. The fourth-order valence-electron chi connectivity index (χ4n) is 5.57. The van der Waals surface area contributed by atoms with Crippen molar-refractivity contribution in [3.05, 3.63) is 71.6 Å². The summed E-state index contributed by atoms with van der Waals surface area (Å²) in [5.41, 5.74) is -7.05. The summed E-state index contributed by atoms with van der Waals surface area (Å²) in [6, 6.07) is 6.00. The van der Waals surface area contributed by atoms with Crippen molar-refractivity contribution in [2.45, 2.75) is 43.5 Å². The van der Waals surface area contributed by atoms with Crippen LogP contribution >= 0.6 is 0 Å². The number of tetrazole rings is 1. The maximum atomic E-state index is 16.0. The SMILES string of the molecule is O[C@](Cn1cnnn1)(c1ccc(F)cc1F)C(F)(F)C12CC(COc3ccc(C(F)(F)F)cc3)(C1)C2. The lowest BCUT2D eigenvalue weighted by molar-refractivity contribution is -0.373. The van der Waals surface area contributed by atoms with E-state index in [0.29, 0.717) is 6.07 Å². The topological polar surface area (TPSA) is 73.1 Å². The van der Waals surface area contributed by atoms with Gasteiger partial charge in [-0.15, -0.1) is 5.10 Å². The van der Waals surface area contributed by atoms with Gasteiger partial charge in [-0.25, -0.2) is 22.2 Å². The number of rotatable bonds is 8. The third-order valence-corrected chi connectivity index (χ3v) is 7.21. The third kappa shape index (κ3) is 3.71. The molecule has 192 valence electrons. The summed E-state index contributed by atoms with van der Waals surface area (Å²) in [6.45, 7) is -0.890. The van der Waals surface area contributed by atoms with Gasteiger partial charge in [-0.1, -0.05) is 0 Å². The highest BCUT2D eigenvalue weighted by Gasteiger charge is 2.82. The number of benzene rings is 2. The van der Waals surface area contributed by atoms with Crippen molar-refractivity contribution in [1.29, 1.82) is 0 Å². The van der Waals surface area contributed by atoms with E-state index < -0.39 is 57.8 Å². The first kappa shape index (κ1) is 24.5. The second-order valence-corrected chi connectivity index (χ2v) is 9.69. The molecule has 0 radical (unpaired) electrons. The fourth-order valence-corrected chi connectivity index (χ4v) is 5.57. The van der Waals surface area contributed by atoms with E-state index in [-0.39, 0.29) is 31.6 Å². The predicted octanol–water partition coefficient (Wildman–Crippen LogP) is 4.74. The lowest BCUT2D eigenvalue weighted by atomic mass is 9.32. The quantitative estimate of drug-likeness (QED) is 0.438. The second kappa shape index (κ2) is 7.89. The Morgan fingerprint density at radius 2 is 1.64 bits per heavy atom. The molecule has 3 saturated carbocycles. The van der Waals surface area contributed by atoms with Crippen LogP contribution in [0.4, 0.5) is 30.7 Å². The van der Waals surface area contributed by atoms with Gasteiger partial charge in [-0.05, 0) is 66.1 Å². The molecule has 6 rings (SSSR count). The Morgan fingerprint density at radius 3 is 2.19 bits per heavy atom. The zero-order valence-electron chi connectivity index (χ0n) is 18.4. The Bertz CT molecular complexity index is 1240. The smallest absolute Gasteiger partial charge is 0.416 e. The van der Waals surface area contributed by atoms with Crippen molar-refractivity contribution in [1.82, 2.24) is 20.2 Å². The van der Waals surface area contributed by atoms with Crippen LogP contribution in [0.3, 0.4) is 0 Å². The zero-order valence-corrected chi connectivity index (χ0v) is 18.4. The highest BCUT2D eigenvalue weighted by atomic mass is 19.4. The van der Waals surface area contributed by atoms with Crippen molar-refractivity contribution in [3.8, 4) is 5.75 Å². The van der Waals surface area contributed by atoms with E-state index in [1.165, 1.54) is 0 Å². The van der Waals surface area contributed by atoms with Crippen molar-refractivity contribution in [2.24, 2.45) is 10.8 Å². The molecule has 3 aliphatic rings. The van der Waals surface area contributed by atoms with Crippen LogP contribution in [0.5, 0.6) is 5.75 Å². The number of hydrogen-bond donors (Lipinski definition) is 1. The van der Waals surface area contributed by atoms with Gasteiger partial charge in [0.15, 0.2) is 5.60 Å². The summed E-state index contributed by atoms with van der Waals surface area (Å²) in [5, 5.41) is 21.5. The average Bonchev–Trinajstić information content (AvgIpc) is 3.24. The monoisotopic (exact) mass is 516 g/mol. The van der Waals surface area contributed by atoms with Crippen LogP contribution in [-0.2, 0) is 18.3 Å². The van der Waals surface area contributed by atoms with Crippen LogP contribution in [0.15, 0.2) is 48.8 Å². The first-order valence-corrected chi connectivity index (χ1v) is 10.9. The molecule has 0 amide bonds. The molecule has 0 unspecified atom stereocenters. The first-order valence-electron chi connectivity index (χ1n) is 10.9. The fraction of sp³-hybridized carbons (Fsp3) is 0.435. The molecule has 2 aromatic carbocycles. The average molecular weight is 516 g/mol. The standard InChI is InChI=1S/C23H19F7N4O2/c24-15-3-6-17(18(25)7-15)21(35,11-34-13-31-32-33-34)23(29,30)20-8-19(9-20,10-20)12-36-16-4-1-14(2-5-16)22(26,27)28/h1-7,13,35H,8-12H2/t19?,20?,21-/m1/s1. The van der Waals surface area contributed by atoms with Crippen LogP contribution in [-0.4, -0.2) is 37.8 Å². The van der Waals surface area contributed by atoms with Gasteiger partial charge >= 0.3 is 6.18 Å². The second-order valence-electron chi connectivity index (χ2n) is 9.69. The Hall–Kier alpha value is -3.22. The summed E-state index contributed by atoms with van der Waals surface area (Å²) < 4.78 is 105. The van der Waals surface area contributed by atoms with E-state index in [4.69, 9.17) is 4.74 Å². The van der Waals surface area contributed by atoms with E-state index in [2.05, 4.69) is 15.5 Å². The van der Waals surface area contributed by atoms with Crippen LogP contribution < -0.4 is 4.74 Å².